The first-order valence-electron chi connectivity index (χ1n) is 8.63. The second-order valence-electron chi connectivity index (χ2n) is 7.37. The van der Waals surface area contributed by atoms with E-state index in [2.05, 4.69) is 40.4 Å². The zero-order valence-corrected chi connectivity index (χ0v) is 17.4. The van der Waals surface area contributed by atoms with E-state index in [4.69, 9.17) is 13.9 Å². The van der Waals surface area contributed by atoms with Gasteiger partial charge in [0, 0.05) is 24.5 Å². The molecule has 0 aliphatic rings. The van der Waals surface area contributed by atoms with Gasteiger partial charge in [-0.1, -0.05) is 27.4 Å². The first kappa shape index (κ1) is 22.9. The Balaban J connectivity index is 4.98. The average Bonchev–Trinajstić information content (AvgIpc) is 2.43. The third-order valence-electron chi connectivity index (χ3n) is 4.28. The molecule has 0 saturated carbocycles. The van der Waals surface area contributed by atoms with Crippen molar-refractivity contribution >= 4 is 20.3 Å². The van der Waals surface area contributed by atoms with Gasteiger partial charge >= 0.3 is 11.9 Å². The Hall–Kier alpha value is -1.14. The fourth-order valence-electron chi connectivity index (χ4n) is 1.90. The fourth-order valence-corrected chi connectivity index (χ4v) is 3.29. The summed E-state index contributed by atoms with van der Waals surface area (Å²) in [7, 11) is -2.02. The SMILES string of the molecule is C=C(CC(CCC(=O)OCC)O[Si](C)(C)C(C)(C)C)C(=O)OCC. The van der Waals surface area contributed by atoms with Crippen LogP contribution in [0.5, 0.6) is 0 Å². The summed E-state index contributed by atoms with van der Waals surface area (Å²) >= 11 is 0. The molecule has 0 radical (unpaired) electrons. The molecule has 0 amide bonds. The van der Waals surface area contributed by atoms with Gasteiger partial charge in [-0.15, -0.1) is 0 Å². The van der Waals surface area contributed by atoms with Crippen LogP contribution in [0.15, 0.2) is 12.2 Å². The third-order valence-corrected chi connectivity index (χ3v) is 8.82. The lowest BCUT2D eigenvalue weighted by Gasteiger charge is -2.39. The Morgan fingerprint density at radius 3 is 2.08 bits per heavy atom. The van der Waals surface area contributed by atoms with Crippen LogP contribution in [0.4, 0.5) is 0 Å². The van der Waals surface area contributed by atoms with Gasteiger partial charge in [-0.2, -0.15) is 0 Å². The Morgan fingerprint density at radius 2 is 1.62 bits per heavy atom. The largest absolute Gasteiger partial charge is 0.466 e. The minimum Gasteiger partial charge on any atom is -0.466 e. The summed E-state index contributed by atoms with van der Waals surface area (Å²) in [5, 5.41) is 0.0421. The molecule has 1 unspecified atom stereocenters. The first-order chi connectivity index (χ1) is 10.9. The lowest BCUT2D eigenvalue weighted by molar-refractivity contribution is -0.143. The van der Waals surface area contributed by atoms with Crippen LogP contribution in [-0.4, -0.2) is 39.6 Å². The summed E-state index contributed by atoms with van der Waals surface area (Å²) in [5.74, 6) is -0.652. The molecule has 0 aromatic heterocycles. The van der Waals surface area contributed by atoms with Crippen LogP contribution >= 0.6 is 0 Å². The lowest BCUT2D eigenvalue weighted by atomic mass is 10.1. The summed E-state index contributed by atoms with van der Waals surface area (Å²) in [6.07, 6.45) is 0.893. The summed E-state index contributed by atoms with van der Waals surface area (Å²) in [6.45, 7) is 18.8. The molecule has 0 rings (SSSR count). The zero-order valence-electron chi connectivity index (χ0n) is 16.4. The van der Waals surface area contributed by atoms with E-state index in [-0.39, 0.29) is 23.5 Å². The van der Waals surface area contributed by atoms with Crippen LogP contribution in [0, 0.1) is 0 Å². The molecule has 0 spiro atoms. The van der Waals surface area contributed by atoms with E-state index in [1.54, 1.807) is 13.8 Å². The van der Waals surface area contributed by atoms with Gasteiger partial charge in [0.2, 0.25) is 0 Å². The van der Waals surface area contributed by atoms with Crippen LogP contribution in [0.25, 0.3) is 0 Å². The standard InChI is InChI=1S/C18H34O5Si/c1-9-21-16(19)12-11-15(13-14(3)17(20)22-10-2)23-24(7,8)18(4,5)6/h15H,3,9-13H2,1-2,4-8H3. The van der Waals surface area contributed by atoms with Gasteiger partial charge < -0.3 is 13.9 Å². The Labute approximate surface area is 147 Å². The predicted molar refractivity (Wildman–Crippen MR) is 98.3 cm³/mol. The molecule has 0 aliphatic heterocycles. The maximum absolute atomic E-state index is 11.8. The van der Waals surface area contributed by atoms with Crippen molar-refractivity contribution in [2.24, 2.45) is 0 Å². The lowest BCUT2D eigenvalue weighted by Crippen LogP contribution is -2.44. The monoisotopic (exact) mass is 358 g/mol. The summed E-state index contributed by atoms with van der Waals surface area (Å²) in [4.78, 5) is 23.5. The van der Waals surface area contributed by atoms with E-state index < -0.39 is 14.3 Å². The van der Waals surface area contributed by atoms with Crippen molar-refractivity contribution in [1.82, 2.24) is 0 Å². The molecule has 24 heavy (non-hydrogen) atoms. The van der Waals surface area contributed by atoms with Crippen LogP contribution in [0.3, 0.4) is 0 Å². The molecular formula is C18H34O5Si. The molecule has 0 bridgehead atoms. The smallest absolute Gasteiger partial charge is 0.333 e. The molecule has 5 nitrogen and oxygen atoms in total. The van der Waals surface area contributed by atoms with Crippen molar-refractivity contribution in [3.63, 3.8) is 0 Å². The van der Waals surface area contributed by atoms with Gasteiger partial charge in [0.15, 0.2) is 8.32 Å². The molecular weight excluding hydrogens is 324 g/mol. The predicted octanol–water partition coefficient (Wildman–Crippen LogP) is 4.23. The minimum absolute atomic E-state index is 0.0421. The van der Waals surface area contributed by atoms with Gasteiger partial charge in [-0.3, -0.25) is 4.79 Å². The molecule has 0 aromatic rings. The van der Waals surface area contributed by atoms with E-state index in [9.17, 15) is 9.59 Å². The quantitative estimate of drug-likeness (QED) is 0.332. The number of hydrogen-bond donors (Lipinski definition) is 0. The molecule has 6 heteroatoms. The normalized spacial score (nSPS) is 13.3. The molecule has 1 atom stereocenters. The topological polar surface area (TPSA) is 61.8 Å². The fraction of sp³-hybridized carbons (Fsp3) is 0.778. The minimum atomic E-state index is -2.02. The molecule has 0 aromatic carbocycles. The van der Waals surface area contributed by atoms with Gasteiger partial charge in [-0.25, -0.2) is 4.79 Å². The highest BCUT2D eigenvalue weighted by atomic mass is 28.4. The number of esters is 2. The van der Waals surface area contributed by atoms with Crippen molar-refractivity contribution < 1.29 is 23.5 Å². The van der Waals surface area contributed by atoms with Gasteiger partial charge in [0.1, 0.15) is 0 Å². The maximum Gasteiger partial charge on any atom is 0.333 e. The van der Waals surface area contributed by atoms with E-state index in [0.29, 0.717) is 31.6 Å². The van der Waals surface area contributed by atoms with Crippen LogP contribution in [-0.2, 0) is 23.5 Å². The second-order valence-corrected chi connectivity index (χ2v) is 12.1. The highest BCUT2D eigenvalue weighted by Crippen LogP contribution is 2.38. The maximum atomic E-state index is 11.8. The third kappa shape index (κ3) is 8.10. The first-order valence-corrected chi connectivity index (χ1v) is 11.5. The number of rotatable bonds is 10. The Morgan fingerprint density at radius 1 is 1.08 bits per heavy atom. The van der Waals surface area contributed by atoms with Crippen LogP contribution in [0.2, 0.25) is 18.1 Å². The van der Waals surface area contributed by atoms with Crippen molar-refractivity contribution in [1.29, 1.82) is 0 Å². The van der Waals surface area contributed by atoms with E-state index in [0.717, 1.165) is 0 Å². The van der Waals surface area contributed by atoms with Crippen LogP contribution in [0.1, 0.15) is 53.9 Å². The van der Waals surface area contributed by atoms with E-state index in [1.165, 1.54) is 0 Å². The molecule has 140 valence electrons. The number of ether oxygens (including phenoxy) is 2. The van der Waals surface area contributed by atoms with E-state index in [1.807, 2.05) is 0 Å². The highest BCUT2D eigenvalue weighted by molar-refractivity contribution is 6.74. The van der Waals surface area contributed by atoms with Gasteiger partial charge in [0.25, 0.3) is 0 Å². The van der Waals surface area contributed by atoms with Crippen molar-refractivity contribution in [3.8, 4) is 0 Å². The van der Waals surface area contributed by atoms with Crippen LogP contribution < -0.4 is 0 Å². The zero-order chi connectivity index (χ0) is 19.0. The molecule has 0 N–H and O–H groups in total. The summed E-state index contributed by atoms with van der Waals surface area (Å²) in [5.41, 5.74) is 0.379. The number of carbonyl (C=O) groups excluding carboxylic acids is 2. The molecule has 0 heterocycles. The number of hydrogen-bond acceptors (Lipinski definition) is 5. The van der Waals surface area contributed by atoms with Gasteiger partial charge in [0.05, 0.1) is 13.2 Å². The van der Waals surface area contributed by atoms with Gasteiger partial charge in [-0.05, 0) is 38.4 Å². The van der Waals surface area contributed by atoms with Crippen molar-refractivity contribution in [2.45, 2.75) is 78.1 Å². The average molecular weight is 359 g/mol. The Bertz CT molecular complexity index is 437. The summed E-state index contributed by atoms with van der Waals surface area (Å²) in [6, 6.07) is 0. The molecule has 0 aliphatic carbocycles. The van der Waals surface area contributed by atoms with E-state index >= 15 is 0 Å². The Kier molecular flexibility index (Phi) is 9.51. The van der Waals surface area contributed by atoms with Crippen molar-refractivity contribution in [2.75, 3.05) is 13.2 Å². The molecule has 0 fully saturated rings. The number of carbonyl (C=O) groups is 2. The summed E-state index contributed by atoms with van der Waals surface area (Å²) < 4.78 is 16.4. The highest BCUT2D eigenvalue weighted by Gasteiger charge is 2.39. The molecule has 0 saturated heterocycles. The second kappa shape index (κ2) is 9.99. The van der Waals surface area contributed by atoms with Crippen molar-refractivity contribution in [3.05, 3.63) is 12.2 Å².